The Labute approximate surface area is 94.0 Å². The standard InChI is InChI=1S/C9H16N2O2.CO2/c1-4-9(11(3)5-2)6-7(12)10-8(9)13;2-1-3/h4-6H2,1-3H3,(H,10,12,13);. The number of nitrogens with one attached hydrogen (secondary N) is 1. The zero-order valence-corrected chi connectivity index (χ0v) is 9.70. The van der Waals surface area contributed by atoms with E-state index in [2.05, 4.69) is 5.32 Å². The van der Waals surface area contributed by atoms with Gasteiger partial charge in [0, 0.05) is 0 Å². The summed E-state index contributed by atoms with van der Waals surface area (Å²) < 4.78 is 0. The molecule has 1 N–H and O–H groups in total. The van der Waals surface area contributed by atoms with Gasteiger partial charge in [-0.25, -0.2) is 0 Å². The summed E-state index contributed by atoms with van der Waals surface area (Å²) in [7, 11) is 1.88. The second kappa shape index (κ2) is 6.15. The highest BCUT2D eigenvalue weighted by molar-refractivity contribution is 6.08. The molecule has 16 heavy (non-hydrogen) atoms. The Morgan fingerprint density at radius 2 is 1.88 bits per heavy atom. The van der Waals surface area contributed by atoms with Gasteiger partial charge in [0.1, 0.15) is 5.54 Å². The van der Waals surface area contributed by atoms with E-state index in [1.54, 1.807) is 0 Å². The van der Waals surface area contributed by atoms with Gasteiger partial charge in [-0.2, -0.15) is 9.59 Å². The summed E-state index contributed by atoms with van der Waals surface area (Å²) in [6.45, 7) is 4.69. The molecule has 1 fully saturated rings. The van der Waals surface area contributed by atoms with E-state index in [0.29, 0.717) is 12.8 Å². The molecule has 1 heterocycles. The second-order valence-corrected chi connectivity index (χ2v) is 3.54. The molecule has 1 aliphatic rings. The predicted molar refractivity (Wildman–Crippen MR) is 54.1 cm³/mol. The molecule has 0 saturated carbocycles. The van der Waals surface area contributed by atoms with Crippen molar-refractivity contribution in [1.82, 2.24) is 10.2 Å². The normalized spacial score (nSPS) is 23.5. The molecule has 1 unspecified atom stereocenters. The van der Waals surface area contributed by atoms with Gasteiger partial charge in [-0.1, -0.05) is 13.8 Å². The zero-order valence-electron chi connectivity index (χ0n) is 9.70. The quantitative estimate of drug-likeness (QED) is 0.661. The number of amides is 2. The van der Waals surface area contributed by atoms with Gasteiger partial charge in [0.05, 0.1) is 6.42 Å². The highest BCUT2D eigenvalue weighted by Crippen LogP contribution is 2.27. The van der Waals surface area contributed by atoms with Crippen molar-refractivity contribution in [2.45, 2.75) is 32.2 Å². The molecular weight excluding hydrogens is 212 g/mol. The van der Waals surface area contributed by atoms with E-state index in [1.807, 2.05) is 25.8 Å². The Morgan fingerprint density at radius 1 is 1.38 bits per heavy atom. The van der Waals surface area contributed by atoms with Crippen LogP contribution < -0.4 is 5.32 Å². The lowest BCUT2D eigenvalue weighted by molar-refractivity contribution is -0.191. The minimum absolute atomic E-state index is 0.149. The molecule has 6 nitrogen and oxygen atoms in total. The van der Waals surface area contributed by atoms with Crippen molar-refractivity contribution in [3.05, 3.63) is 0 Å². The van der Waals surface area contributed by atoms with Crippen LogP contribution in [-0.4, -0.2) is 42.0 Å². The van der Waals surface area contributed by atoms with Crippen molar-refractivity contribution in [2.24, 2.45) is 0 Å². The van der Waals surface area contributed by atoms with Crippen LogP contribution in [0.15, 0.2) is 0 Å². The van der Waals surface area contributed by atoms with Crippen LogP contribution in [0.1, 0.15) is 26.7 Å². The fourth-order valence-electron chi connectivity index (χ4n) is 1.80. The van der Waals surface area contributed by atoms with Crippen LogP contribution >= 0.6 is 0 Å². The van der Waals surface area contributed by atoms with E-state index >= 15 is 0 Å². The van der Waals surface area contributed by atoms with Crippen molar-refractivity contribution >= 4 is 18.0 Å². The van der Waals surface area contributed by atoms with E-state index in [9.17, 15) is 9.59 Å². The van der Waals surface area contributed by atoms with Crippen molar-refractivity contribution in [2.75, 3.05) is 13.6 Å². The number of hydrogen-bond donors (Lipinski definition) is 1. The first-order valence-electron chi connectivity index (χ1n) is 5.03. The minimum Gasteiger partial charge on any atom is -0.295 e. The SMILES string of the molecule is CCN(C)C1(CC)CC(=O)NC1=O.O=C=O. The first-order valence-corrected chi connectivity index (χ1v) is 5.03. The van der Waals surface area contributed by atoms with Gasteiger partial charge in [0.15, 0.2) is 0 Å². The first-order chi connectivity index (χ1) is 7.48. The number of hydrogen-bond acceptors (Lipinski definition) is 5. The average molecular weight is 228 g/mol. The number of rotatable bonds is 3. The molecular formula is C10H16N2O4. The van der Waals surface area contributed by atoms with Crippen LogP contribution in [-0.2, 0) is 19.2 Å². The molecule has 90 valence electrons. The summed E-state index contributed by atoms with van der Waals surface area (Å²) in [6, 6.07) is 0. The Balaban J connectivity index is 0.000000673. The molecule has 6 heteroatoms. The number of carbonyl (C=O) groups is 2. The molecule has 0 bridgehead atoms. The Bertz CT molecular complexity index is 310. The van der Waals surface area contributed by atoms with Crippen LogP contribution in [0.2, 0.25) is 0 Å². The van der Waals surface area contributed by atoms with Gasteiger partial charge in [-0.05, 0) is 20.0 Å². The third kappa shape index (κ3) is 2.74. The summed E-state index contributed by atoms with van der Waals surface area (Å²) >= 11 is 0. The molecule has 0 aromatic carbocycles. The van der Waals surface area contributed by atoms with Gasteiger partial charge in [-0.15, -0.1) is 0 Å². The molecule has 1 atom stereocenters. The maximum absolute atomic E-state index is 11.6. The fourth-order valence-corrected chi connectivity index (χ4v) is 1.80. The van der Waals surface area contributed by atoms with E-state index in [4.69, 9.17) is 9.59 Å². The van der Waals surface area contributed by atoms with E-state index in [0.717, 1.165) is 6.54 Å². The predicted octanol–water partition coefficient (Wildman–Crippen LogP) is -0.450. The van der Waals surface area contributed by atoms with Crippen LogP contribution in [0, 0.1) is 0 Å². The lowest BCUT2D eigenvalue weighted by atomic mass is 9.92. The number of imide groups is 1. The number of nitrogens with zero attached hydrogens (tertiary/aromatic N) is 1. The largest absolute Gasteiger partial charge is 0.373 e. The van der Waals surface area contributed by atoms with Gasteiger partial charge in [0.25, 0.3) is 0 Å². The molecule has 2 amide bonds. The monoisotopic (exact) mass is 228 g/mol. The molecule has 1 saturated heterocycles. The minimum atomic E-state index is -0.591. The van der Waals surface area contributed by atoms with Crippen LogP contribution in [0.4, 0.5) is 0 Å². The van der Waals surface area contributed by atoms with Crippen molar-refractivity contribution in [1.29, 1.82) is 0 Å². The fraction of sp³-hybridized carbons (Fsp3) is 0.700. The Morgan fingerprint density at radius 3 is 2.12 bits per heavy atom. The van der Waals surface area contributed by atoms with Crippen LogP contribution in [0.25, 0.3) is 0 Å². The van der Waals surface area contributed by atoms with Gasteiger partial charge in [-0.3, -0.25) is 19.8 Å². The number of likely N-dealkylation sites (N-methyl/N-ethyl adjacent to an activating group) is 1. The maximum atomic E-state index is 11.6. The molecule has 0 aromatic heterocycles. The van der Waals surface area contributed by atoms with Crippen molar-refractivity contribution in [3.8, 4) is 0 Å². The molecule has 0 spiro atoms. The molecule has 1 rings (SSSR count). The first kappa shape index (κ1) is 14.5. The smallest absolute Gasteiger partial charge is 0.295 e. The van der Waals surface area contributed by atoms with E-state index in [-0.39, 0.29) is 18.0 Å². The van der Waals surface area contributed by atoms with Gasteiger partial charge >= 0.3 is 6.15 Å². The topological polar surface area (TPSA) is 83.6 Å². The summed E-state index contributed by atoms with van der Waals surface area (Å²) in [6.07, 6.45) is 1.22. The highest BCUT2D eigenvalue weighted by Gasteiger charge is 2.47. The van der Waals surface area contributed by atoms with Gasteiger partial charge < -0.3 is 0 Å². The zero-order chi connectivity index (χ0) is 12.8. The molecule has 0 aliphatic carbocycles. The maximum Gasteiger partial charge on any atom is 0.373 e. The summed E-state index contributed by atoms with van der Waals surface area (Å²) in [4.78, 5) is 40.8. The van der Waals surface area contributed by atoms with Crippen LogP contribution in [0.3, 0.4) is 0 Å². The third-order valence-corrected chi connectivity index (χ3v) is 2.92. The molecule has 0 aromatic rings. The highest BCUT2D eigenvalue weighted by atomic mass is 16.2. The Hall–Kier alpha value is -1.52. The van der Waals surface area contributed by atoms with Crippen LogP contribution in [0.5, 0.6) is 0 Å². The molecule has 1 aliphatic heterocycles. The summed E-state index contributed by atoms with van der Waals surface area (Å²) in [5, 5.41) is 2.35. The van der Waals surface area contributed by atoms with Crippen molar-refractivity contribution in [3.63, 3.8) is 0 Å². The van der Waals surface area contributed by atoms with E-state index in [1.165, 1.54) is 0 Å². The number of carbonyl (C=O) groups excluding carboxylic acids is 4. The van der Waals surface area contributed by atoms with Crippen molar-refractivity contribution < 1.29 is 19.2 Å². The molecule has 0 radical (unpaired) electrons. The Kier molecular flexibility index (Phi) is 5.56. The lowest BCUT2D eigenvalue weighted by Gasteiger charge is -2.33. The second-order valence-electron chi connectivity index (χ2n) is 3.54. The summed E-state index contributed by atoms with van der Waals surface area (Å²) in [5.74, 6) is -0.309. The van der Waals surface area contributed by atoms with E-state index < -0.39 is 5.54 Å². The lowest BCUT2D eigenvalue weighted by Crippen LogP contribution is -2.51. The third-order valence-electron chi connectivity index (χ3n) is 2.92. The summed E-state index contributed by atoms with van der Waals surface area (Å²) in [5.41, 5.74) is -0.591. The average Bonchev–Trinajstić information content (AvgIpc) is 2.54. The van der Waals surface area contributed by atoms with Gasteiger partial charge in [0.2, 0.25) is 11.8 Å².